The summed E-state index contributed by atoms with van der Waals surface area (Å²) in [4.78, 5) is 5.56. The Labute approximate surface area is 212 Å². The Morgan fingerprint density at radius 1 is 0.912 bits per heavy atom. The van der Waals surface area contributed by atoms with E-state index in [1.807, 2.05) is 0 Å². The molecule has 4 aliphatic carbocycles. The molecule has 0 aromatic rings. The predicted octanol–water partition coefficient (Wildman–Crippen LogP) is 7.72. The number of nitrogens with zero attached hydrogens (tertiary/aromatic N) is 1. The number of rotatable bonds is 6. The van der Waals surface area contributed by atoms with Gasteiger partial charge in [0.1, 0.15) is 7.11 Å². The zero-order valence-electron chi connectivity index (χ0n) is 23.9. The largest absolute Gasteiger partial charge is 0.415 e. The van der Waals surface area contributed by atoms with Crippen LogP contribution in [0.15, 0.2) is 5.16 Å². The monoisotopic (exact) mass is 507 g/mol. The van der Waals surface area contributed by atoms with Gasteiger partial charge in [0, 0.05) is 18.1 Å². The van der Waals surface area contributed by atoms with Crippen LogP contribution in [0.2, 0.25) is 39.3 Å². The normalized spacial score (nSPS) is 44.8. The summed E-state index contributed by atoms with van der Waals surface area (Å²) in [7, 11) is -1.32. The van der Waals surface area contributed by atoms with Crippen molar-refractivity contribution >= 4 is 22.3 Å². The van der Waals surface area contributed by atoms with E-state index in [-0.39, 0.29) is 5.41 Å². The Morgan fingerprint density at radius 3 is 2.24 bits per heavy atom. The number of hydrogen-bond donors (Lipinski definition) is 0. The molecule has 196 valence electrons. The van der Waals surface area contributed by atoms with Crippen LogP contribution in [-0.4, -0.2) is 41.7 Å². The smallest absolute Gasteiger partial charge is 0.184 e. The van der Waals surface area contributed by atoms with Crippen molar-refractivity contribution in [2.75, 3.05) is 7.11 Å². The van der Waals surface area contributed by atoms with E-state index >= 15 is 0 Å². The molecule has 0 bridgehead atoms. The quantitative estimate of drug-likeness (QED) is 0.273. The summed E-state index contributed by atoms with van der Waals surface area (Å²) in [6, 6.07) is 0. The van der Waals surface area contributed by atoms with Crippen molar-refractivity contribution in [3.05, 3.63) is 0 Å². The number of fused-ring (bicyclic) bond motifs is 5. The lowest BCUT2D eigenvalue weighted by Gasteiger charge is -2.61. The molecule has 0 aromatic heterocycles. The molecule has 9 atom stereocenters. The maximum atomic E-state index is 6.68. The molecule has 0 saturated heterocycles. The van der Waals surface area contributed by atoms with Gasteiger partial charge in [-0.05, 0) is 132 Å². The topological polar surface area (TPSA) is 40.0 Å². The third-order valence-electron chi connectivity index (χ3n) is 10.2. The Balaban J connectivity index is 1.60. The van der Waals surface area contributed by atoms with E-state index in [4.69, 9.17) is 18.8 Å². The molecular formula is C28H53NO3Si2. The van der Waals surface area contributed by atoms with E-state index in [1.165, 1.54) is 50.7 Å². The molecule has 6 heteroatoms. The zero-order valence-corrected chi connectivity index (χ0v) is 25.9. The van der Waals surface area contributed by atoms with Gasteiger partial charge in [0.05, 0.1) is 5.71 Å². The summed E-state index contributed by atoms with van der Waals surface area (Å²) < 4.78 is 13.3. The summed E-state index contributed by atoms with van der Waals surface area (Å²) >= 11 is 0. The van der Waals surface area contributed by atoms with E-state index in [1.54, 1.807) is 7.11 Å². The zero-order chi connectivity index (χ0) is 25.1. The molecule has 0 radical (unpaired) electrons. The Hall–Kier alpha value is -0.176. The maximum absolute atomic E-state index is 6.68. The fourth-order valence-electron chi connectivity index (χ4n) is 9.33. The van der Waals surface area contributed by atoms with Crippen molar-refractivity contribution in [1.82, 2.24) is 0 Å². The molecule has 4 fully saturated rings. The molecule has 34 heavy (non-hydrogen) atoms. The minimum atomic E-state index is -1.57. The van der Waals surface area contributed by atoms with Gasteiger partial charge in [0.15, 0.2) is 16.6 Å². The van der Waals surface area contributed by atoms with Crippen molar-refractivity contribution in [2.45, 2.75) is 124 Å². The third-order valence-corrected chi connectivity index (χ3v) is 12.3. The van der Waals surface area contributed by atoms with Crippen molar-refractivity contribution in [2.24, 2.45) is 45.6 Å². The summed E-state index contributed by atoms with van der Waals surface area (Å²) in [5.74, 6) is 3.48. The lowest BCUT2D eigenvalue weighted by Crippen LogP contribution is -2.58. The second kappa shape index (κ2) is 9.29. The van der Waals surface area contributed by atoms with Crippen LogP contribution in [0.5, 0.6) is 0 Å². The van der Waals surface area contributed by atoms with Crippen LogP contribution in [0.25, 0.3) is 0 Å². The molecule has 4 aliphatic rings. The average Bonchev–Trinajstić information content (AvgIpc) is 3.02. The number of hydrogen-bond acceptors (Lipinski definition) is 4. The highest BCUT2D eigenvalue weighted by Gasteiger charge is 2.63. The first kappa shape index (κ1) is 26.9. The van der Waals surface area contributed by atoms with Gasteiger partial charge < -0.3 is 13.7 Å². The van der Waals surface area contributed by atoms with Crippen molar-refractivity contribution in [1.29, 1.82) is 0 Å². The molecular weight excluding hydrogens is 454 g/mol. The third kappa shape index (κ3) is 4.99. The summed E-state index contributed by atoms with van der Waals surface area (Å²) in [5.41, 5.74) is 1.98. The average molecular weight is 508 g/mol. The van der Waals surface area contributed by atoms with E-state index in [9.17, 15) is 0 Å². The highest BCUT2D eigenvalue weighted by Crippen LogP contribution is 2.67. The first-order valence-corrected chi connectivity index (χ1v) is 20.9. The van der Waals surface area contributed by atoms with Gasteiger partial charge in [0.25, 0.3) is 0 Å². The lowest BCUT2D eigenvalue weighted by atomic mass is 9.44. The molecule has 4 nitrogen and oxygen atoms in total. The highest BCUT2D eigenvalue weighted by molar-refractivity contribution is 6.70. The minimum absolute atomic E-state index is 0.277. The second-order valence-electron chi connectivity index (χ2n) is 14.7. The van der Waals surface area contributed by atoms with E-state index in [0.29, 0.717) is 29.5 Å². The molecule has 0 aromatic carbocycles. The molecule has 4 rings (SSSR count). The van der Waals surface area contributed by atoms with Crippen LogP contribution < -0.4 is 0 Å². The van der Waals surface area contributed by atoms with Gasteiger partial charge in [-0.1, -0.05) is 19.0 Å². The van der Waals surface area contributed by atoms with Crippen molar-refractivity contribution in [3.63, 3.8) is 0 Å². The van der Waals surface area contributed by atoms with Crippen LogP contribution >= 0.6 is 0 Å². The second-order valence-corrected chi connectivity index (χ2v) is 23.6. The molecule has 0 aliphatic heterocycles. The molecule has 0 N–H and O–H groups in total. The van der Waals surface area contributed by atoms with Crippen molar-refractivity contribution in [3.8, 4) is 0 Å². The SMILES string of the molecule is CON=C1C[C@@]2(C)C(CC[C@@H]2[C@H](C)O[Si](C)(C)C)C2CC[C@H]3C[C@@H](O[Si](C)(C)C)CC[C@]3(C)C12. The van der Waals surface area contributed by atoms with Crippen LogP contribution in [0.3, 0.4) is 0 Å². The predicted molar refractivity (Wildman–Crippen MR) is 147 cm³/mol. The van der Waals surface area contributed by atoms with Crippen LogP contribution in [-0.2, 0) is 13.7 Å². The Morgan fingerprint density at radius 2 is 1.62 bits per heavy atom. The first-order valence-electron chi connectivity index (χ1n) is 14.1. The van der Waals surface area contributed by atoms with Crippen molar-refractivity contribution < 1.29 is 13.7 Å². The Bertz CT molecular complexity index is 775. The highest BCUT2D eigenvalue weighted by atomic mass is 28.4. The summed E-state index contributed by atoms with van der Waals surface area (Å²) in [5, 5.41) is 4.82. The maximum Gasteiger partial charge on any atom is 0.184 e. The molecule has 0 amide bonds. The lowest BCUT2D eigenvalue weighted by molar-refractivity contribution is -0.0867. The van der Waals surface area contributed by atoms with Crippen LogP contribution in [0, 0.1) is 40.4 Å². The fourth-order valence-corrected chi connectivity index (χ4v) is 11.8. The fraction of sp³-hybridized carbons (Fsp3) is 0.964. The first-order chi connectivity index (χ1) is 15.7. The van der Waals surface area contributed by atoms with Gasteiger partial charge in [0.2, 0.25) is 0 Å². The molecule has 3 unspecified atom stereocenters. The number of oxime groups is 1. The van der Waals surface area contributed by atoms with E-state index in [2.05, 4.69) is 60.1 Å². The minimum Gasteiger partial charge on any atom is -0.415 e. The summed E-state index contributed by atoms with van der Waals surface area (Å²) in [6.07, 6.45) is 11.0. The molecule has 0 spiro atoms. The van der Waals surface area contributed by atoms with Gasteiger partial charge in [-0.15, -0.1) is 0 Å². The van der Waals surface area contributed by atoms with Gasteiger partial charge in [-0.3, -0.25) is 0 Å². The molecule has 0 heterocycles. The standard InChI is InChI=1S/C28H53NO3Si2/c1-19(31-33(5,6)7)23-13-14-24-22-12-11-20-17-21(32-34(8,9)10)15-16-27(20,2)26(22)25(29-30-4)18-28(23,24)3/h19-24,26H,11-18H2,1-10H3/t19-,20-,21-,22?,23+,24?,26?,27-,28+/m0/s1. The van der Waals surface area contributed by atoms with Gasteiger partial charge in [-0.2, -0.15) is 0 Å². The van der Waals surface area contributed by atoms with Gasteiger partial charge in [-0.25, -0.2) is 0 Å². The van der Waals surface area contributed by atoms with Crippen LogP contribution in [0.1, 0.15) is 72.1 Å². The Kier molecular flexibility index (Phi) is 7.34. The van der Waals surface area contributed by atoms with E-state index < -0.39 is 16.6 Å². The van der Waals surface area contributed by atoms with E-state index in [0.717, 1.165) is 24.2 Å². The van der Waals surface area contributed by atoms with Gasteiger partial charge >= 0.3 is 0 Å². The van der Waals surface area contributed by atoms with Crippen LogP contribution in [0.4, 0.5) is 0 Å². The summed E-state index contributed by atoms with van der Waals surface area (Å²) in [6.45, 7) is 21.6. The molecule has 4 saturated carbocycles.